The Hall–Kier alpha value is -2.80. The molecule has 0 aromatic heterocycles. The molecule has 0 aliphatic carbocycles. The van der Waals surface area contributed by atoms with Crippen LogP contribution in [0.2, 0.25) is 0 Å². The van der Waals surface area contributed by atoms with E-state index in [1.54, 1.807) is 30.3 Å². The second-order valence-corrected chi connectivity index (χ2v) is 4.41. The molecule has 2 aromatic rings. The average Bonchev–Trinajstić information content (AvgIpc) is 2.45. The molecule has 0 heterocycles. The highest BCUT2D eigenvalue weighted by molar-refractivity contribution is 5.92. The molecule has 4 heteroatoms. The van der Waals surface area contributed by atoms with Crippen molar-refractivity contribution in [3.8, 4) is 11.8 Å². The summed E-state index contributed by atoms with van der Waals surface area (Å²) in [7, 11) is 0. The van der Waals surface area contributed by atoms with E-state index in [0.717, 1.165) is 11.1 Å². The van der Waals surface area contributed by atoms with Crippen LogP contribution in [0.15, 0.2) is 42.5 Å². The van der Waals surface area contributed by atoms with Crippen molar-refractivity contribution in [1.29, 1.82) is 5.26 Å². The number of benzene rings is 2. The number of hydrogen-bond donors (Lipinski definition) is 1. The molecule has 0 fully saturated rings. The maximum atomic E-state index is 11.9. The van der Waals surface area contributed by atoms with Gasteiger partial charge in [-0.15, -0.1) is 0 Å². The van der Waals surface area contributed by atoms with Crippen LogP contribution in [0.5, 0.6) is 5.75 Å². The third kappa shape index (κ3) is 3.15. The number of nitrogens with zero attached hydrogens (tertiary/aromatic N) is 1. The van der Waals surface area contributed by atoms with Crippen molar-refractivity contribution in [2.75, 3.05) is 0 Å². The van der Waals surface area contributed by atoms with E-state index >= 15 is 0 Å². The number of nitriles is 1. The number of esters is 1. The fraction of sp³-hybridized carbons (Fsp3) is 0.125. The molecule has 0 bridgehead atoms. The maximum absolute atomic E-state index is 11.9. The fourth-order valence-electron chi connectivity index (χ4n) is 1.77. The van der Waals surface area contributed by atoms with Crippen LogP contribution in [0.3, 0.4) is 0 Å². The molecule has 2 rings (SSSR count). The molecule has 20 heavy (non-hydrogen) atoms. The maximum Gasteiger partial charge on any atom is 0.342 e. The zero-order valence-corrected chi connectivity index (χ0v) is 11.0. The number of phenols is 1. The Labute approximate surface area is 116 Å². The minimum absolute atomic E-state index is 0.0572. The molecule has 0 aliphatic heterocycles. The summed E-state index contributed by atoms with van der Waals surface area (Å²) in [5.74, 6) is -0.689. The molecule has 0 saturated carbocycles. The third-order valence-corrected chi connectivity index (χ3v) is 2.80. The largest absolute Gasteiger partial charge is 0.507 e. The monoisotopic (exact) mass is 267 g/mol. The minimum atomic E-state index is -0.593. The average molecular weight is 267 g/mol. The van der Waals surface area contributed by atoms with Gasteiger partial charge in [0.15, 0.2) is 0 Å². The van der Waals surface area contributed by atoms with Gasteiger partial charge in [-0.25, -0.2) is 4.79 Å². The Balaban J connectivity index is 2.07. The number of carbonyl (C=O) groups excluding carboxylic acids is 1. The summed E-state index contributed by atoms with van der Waals surface area (Å²) in [5, 5.41) is 18.5. The van der Waals surface area contributed by atoms with E-state index in [9.17, 15) is 9.90 Å². The van der Waals surface area contributed by atoms with Crippen LogP contribution in [-0.2, 0) is 11.3 Å². The molecule has 0 atom stereocenters. The highest BCUT2D eigenvalue weighted by Gasteiger charge is 2.12. The Kier molecular flexibility index (Phi) is 4.02. The number of carbonyl (C=O) groups is 1. The van der Waals surface area contributed by atoms with Crippen LogP contribution in [0.1, 0.15) is 27.0 Å². The fourth-order valence-corrected chi connectivity index (χ4v) is 1.77. The van der Waals surface area contributed by atoms with Gasteiger partial charge in [0.2, 0.25) is 0 Å². The van der Waals surface area contributed by atoms with Gasteiger partial charge in [0, 0.05) is 0 Å². The molecular formula is C16H13NO3. The van der Waals surface area contributed by atoms with Crippen LogP contribution in [-0.4, -0.2) is 11.1 Å². The Morgan fingerprint density at radius 3 is 2.80 bits per heavy atom. The van der Waals surface area contributed by atoms with Gasteiger partial charge in [0.25, 0.3) is 0 Å². The highest BCUT2D eigenvalue weighted by atomic mass is 16.5. The molecule has 0 spiro atoms. The zero-order valence-electron chi connectivity index (χ0n) is 11.0. The summed E-state index contributed by atoms with van der Waals surface area (Å²) in [4.78, 5) is 11.9. The van der Waals surface area contributed by atoms with E-state index in [1.807, 2.05) is 13.0 Å². The molecular weight excluding hydrogens is 254 g/mol. The third-order valence-electron chi connectivity index (χ3n) is 2.80. The Bertz CT molecular complexity index is 686. The second kappa shape index (κ2) is 5.89. The highest BCUT2D eigenvalue weighted by Crippen LogP contribution is 2.20. The van der Waals surface area contributed by atoms with E-state index < -0.39 is 5.97 Å². The first-order chi connectivity index (χ1) is 9.60. The summed E-state index contributed by atoms with van der Waals surface area (Å²) >= 11 is 0. The van der Waals surface area contributed by atoms with Crippen molar-refractivity contribution >= 4 is 5.97 Å². The summed E-state index contributed by atoms with van der Waals surface area (Å²) in [6, 6.07) is 13.6. The number of phenolic OH excluding ortho intramolecular Hbond substituents is 1. The van der Waals surface area contributed by atoms with Gasteiger partial charge >= 0.3 is 5.97 Å². The van der Waals surface area contributed by atoms with E-state index in [0.29, 0.717) is 5.56 Å². The lowest BCUT2D eigenvalue weighted by Gasteiger charge is -2.07. The molecule has 0 aliphatic rings. The predicted molar refractivity (Wildman–Crippen MR) is 73.1 cm³/mol. The van der Waals surface area contributed by atoms with Gasteiger partial charge in [0.05, 0.1) is 11.6 Å². The molecule has 0 saturated heterocycles. The van der Waals surface area contributed by atoms with Crippen molar-refractivity contribution in [2.45, 2.75) is 13.5 Å². The van der Waals surface area contributed by atoms with Crippen LogP contribution in [0.4, 0.5) is 0 Å². The van der Waals surface area contributed by atoms with Crippen molar-refractivity contribution in [2.24, 2.45) is 0 Å². The number of aromatic hydroxyl groups is 1. The van der Waals surface area contributed by atoms with Gasteiger partial charge in [-0.05, 0) is 42.3 Å². The summed E-state index contributed by atoms with van der Waals surface area (Å²) in [6.45, 7) is 1.88. The number of rotatable bonds is 3. The molecule has 2 aromatic carbocycles. The first-order valence-electron chi connectivity index (χ1n) is 6.06. The normalized spacial score (nSPS) is 9.80. The van der Waals surface area contributed by atoms with Crippen LogP contribution in [0, 0.1) is 18.3 Å². The van der Waals surface area contributed by atoms with Crippen molar-refractivity contribution < 1.29 is 14.6 Å². The molecule has 4 nitrogen and oxygen atoms in total. The lowest BCUT2D eigenvalue weighted by Crippen LogP contribution is -2.05. The standard InChI is InChI=1S/C16H13NO3/c1-11-5-6-14(15(18)7-11)16(19)20-10-13-4-2-3-12(8-13)9-17/h2-8,18H,10H2,1H3. The van der Waals surface area contributed by atoms with Gasteiger partial charge < -0.3 is 9.84 Å². The molecule has 1 N–H and O–H groups in total. The number of aryl methyl sites for hydroxylation is 1. The zero-order chi connectivity index (χ0) is 14.5. The molecule has 100 valence electrons. The number of ether oxygens (including phenoxy) is 1. The second-order valence-electron chi connectivity index (χ2n) is 4.41. The predicted octanol–water partition coefficient (Wildman–Crippen LogP) is 2.93. The summed E-state index contributed by atoms with van der Waals surface area (Å²) < 4.78 is 5.13. The van der Waals surface area contributed by atoms with Gasteiger partial charge in [0.1, 0.15) is 17.9 Å². The Morgan fingerprint density at radius 1 is 1.30 bits per heavy atom. The van der Waals surface area contributed by atoms with E-state index in [1.165, 1.54) is 12.1 Å². The Morgan fingerprint density at radius 2 is 2.10 bits per heavy atom. The van der Waals surface area contributed by atoms with Crippen molar-refractivity contribution in [3.05, 3.63) is 64.7 Å². The van der Waals surface area contributed by atoms with Gasteiger partial charge in [-0.3, -0.25) is 0 Å². The van der Waals surface area contributed by atoms with Crippen molar-refractivity contribution in [3.63, 3.8) is 0 Å². The first-order valence-corrected chi connectivity index (χ1v) is 6.06. The number of hydrogen-bond acceptors (Lipinski definition) is 4. The van der Waals surface area contributed by atoms with Crippen molar-refractivity contribution in [1.82, 2.24) is 0 Å². The minimum Gasteiger partial charge on any atom is -0.507 e. The topological polar surface area (TPSA) is 70.3 Å². The van der Waals surface area contributed by atoms with Gasteiger partial charge in [-0.1, -0.05) is 18.2 Å². The quantitative estimate of drug-likeness (QED) is 0.868. The summed E-state index contributed by atoms with van der Waals surface area (Å²) in [6.07, 6.45) is 0. The first kappa shape index (κ1) is 13.6. The van der Waals surface area contributed by atoms with Gasteiger partial charge in [-0.2, -0.15) is 5.26 Å². The molecule has 0 unspecified atom stereocenters. The van der Waals surface area contributed by atoms with Crippen LogP contribution < -0.4 is 0 Å². The lowest BCUT2D eigenvalue weighted by molar-refractivity contribution is 0.0469. The smallest absolute Gasteiger partial charge is 0.342 e. The summed E-state index contributed by atoms with van der Waals surface area (Å²) in [5.41, 5.74) is 2.23. The van der Waals surface area contributed by atoms with Crippen LogP contribution >= 0.6 is 0 Å². The van der Waals surface area contributed by atoms with Crippen LogP contribution in [0.25, 0.3) is 0 Å². The molecule has 0 amide bonds. The van der Waals surface area contributed by atoms with E-state index in [-0.39, 0.29) is 17.9 Å². The SMILES string of the molecule is Cc1ccc(C(=O)OCc2cccc(C#N)c2)c(O)c1. The molecule has 0 radical (unpaired) electrons. The van der Waals surface area contributed by atoms with E-state index in [2.05, 4.69) is 0 Å². The van der Waals surface area contributed by atoms with E-state index in [4.69, 9.17) is 10.00 Å². The lowest BCUT2D eigenvalue weighted by atomic mass is 10.1.